The van der Waals surface area contributed by atoms with Gasteiger partial charge >= 0.3 is 0 Å². The largest absolute Gasteiger partial charge is 0.399 e. The van der Waals surface area contributed by atoms with E-state index in [0.29, 0.717) is 5.69 Å². The van der Waals surface area contributed by atoms with Crippen LogP contribution in [-0.2, 0) is 28.1 Å². The van der Waals surface area contributed by atoms with E-state index in [1.54, 1.807) is 0 Å². The number of nitrogens with zero attached hydrogens (tertiary/aromatic N) is 3. The minimum atomic E-state index is -0.252. The summed E-state index contributed by atoms with van der Waals surface area (Å²) in [5.41, 5.74) is 42.3. The van der Waals surface area contributed by atoms with Crippen LogP contribution in [0.5, 0.6) is 0 Å². The van der Waals surface area contributed by atoms with Crippen molar-refractivity contribution < 1.29 is 0 Å². The zero-order valence-electron chi connectivity index (χ0n) is 60.3. The zero-order valence-corrected chi connectivity index (χ0v) is 60.3. The third-order valence-electron chi connectivity index (χ3n) is 22.0. The van der Waals surface area contributed by atoms with Crippen LogP contribution in [0, 0.1) is 0 Å². The number of anilines is 7. The Morgan fingerprint density at radius 1 is 0.307 bits per heavy atom. The molecule has 0 radical (unpaired) electrons. The first-order chi connectivity index (χ1) is 48.5. The molecule has 0 bridgehead atoms. The second-order valence-electron chi connectivity index (χ2n) is 32.7. The van der Waals surface area contributed by atoms with Crippen LogP contribution in [-0.4, -0.2) is 4.57 Å². The number of hydrogen-bond acceptors (Lipinski definition) is 3. The Labute approximate surface area is 597 Å². The average Bonchev–Trinajstić information content (AvgIpc) is 1.05. The number of rotatable bonds is 8. The molecule has 14 aromatic rings. The number of benzene rings is 13. The first kappa shape index (κ1) is 63.5. The number of hydrogen-bond donors (Lipinski definition) is 1. The number of nitrogen functional groups attached to an aromatic ring is 1. The molecule has 17 rings (SSSR count). The molecule has 0 fully saturated rings. The molecule has 0 saturated heterocycles. The maximum atomic E-state index is 7.38. The quantitative estimate of drug-likeness (QED) is 0.154. The lowest BCUT2D eigenvalue weighted by Gasteiger charge is -2.47. The highest BCUT2D eigenvalue weighted by atomic mass is 15.2. The minimum absolute atomic E-state index is 0.0580. The van der Waals surface area contributed by atoms with E-state index in [-0.39, 0.29) is 33.5 Å². The van der Waals surface area contributed by atoms with Gasteiger partial charge in [-0.15, -0.1) is 0 Å². The Bertz CT molecular complexity index is 5370. The lowest BCUT2D eigenvalue weighted by atomic mass is 9.71. The summed E-state index contributed by atoms with van der Waals surface area (Å²) >= 11 is 0. The van der Waals surface area contributed by atoms with Crippen molar-refractivity contribution in [2.75, 3.05) is 15.5 Å². The highest BCUT2D eigenvalue weighted by Gasteiger charge is 2.45. The van der Waals surface area contributed by atoms with Crippen LogP contribution in [0.1, 0.15) is 162 Å². The Balaban J connectivity index is 1.08. The Morgan fingerprint density at radius 3 is 1.07 bits per heavy atom. The Morgan fingerprint density at radius 2 is 0.673 bits per heavy atom. The molecule has 1 aromatic heterocycles. The van der Waals surface area contributed by atoms with Crippen molar-refractivity contribution in [1.82, 2.24) is 4.57 Å². The van der Waals surface area contributed by atoms with Gasteiger partial charge in [0, 0.05) is 61.8 Å². The van der Waals surface area contributed by atoms with E-state index in [2.05, 4.69) is 377 Å². The molecular formula is C97H88N4. The number of aromatic nitrogens is 1. The standard InChI is InChI=1S/C97H88N4/c1-94(2,3)67-41-47-83-81(52-67)82-53-68(95(4,5)6)42-48-84(82)99(83)72-44-46-76-86(59-72)101(93-79(62-33-21-15-22-34-62)56-70(97(10,11)12)57-80(93)63-35-23-16-24-36-63)88-51-66(89-73-39-27-25-37-64(73)49-65-38-26-28-40-74(65)89)50-87-91(88)90(76)75-45-43-71(98)58-85(75)100(87)92-77(60-29-17-13-18-30-60)54-69(96(7,8)9)55-78(92)61-31-19-14-20-32-61/h13-48,50-59,89-90H,49,98H2,1-12H3. The molecular weight excluding hydrogens is 1220 g/mol. The third-order valence-corrected chi connectivity index (χ3v) is 22.0. The van der Waals surface area contributed by atoms with Gasteiger partial charge in [0.2, 0.25) is 0 Å². The van der Waals surface area contributed by atoms with Gasteiger partial charge in [0.05, 0.1) is 45.2 Å². The smallest absolute Gasteiger partial charge is 0.0618 e. The molecule has 101 heavy (non-hydrogen) atoms. The first-order valence-electron chi connectivity index (χ1n) is 36.2. The van der Waals surface area contributed by atoms with E-state index in [1.807, 2.05) is 0 Å². The van der Waals surface area contributed by atoms with Crippen LogP contribution in [0.3, 0.4) is 0 Å². The molecule has 1 atom stereocenters. The summed E-state index contributed by atoms with van der Waals surface area (Å²) in [5.74, 6) is -0.378. The van der Waals surface area contributed by atoms with Crippen molar-refractivity contribution >= 4 is 61.6 Å². The SMILES string of the molecule is CC(C)(C)c1cc(-c2ccccc2)c(N2c3cc(N)ccc3C3c4ccc(-n5c6ccc(C(C)(C)C)cc6c6cc(C(C)(C)C)ccc65)cc4N(c4c(-c5ccccc5)cc(C(C)(C)C)cc4-c4ccccc4)c4cc(C5c6ccccc6Cc6ccccc65)cc2c43)c(-c2ccccc2)c1. The maximum Gasteiger partial charge on any atom is 0.0618 e. The number of nitrogens with two attached hydrogens (primary N) is 1. The van der Waals surface area contributed by atoms with Crippen molar-refractivity contribution in [2.45, 2.75) is 123 Å². The summed E-state index contributed by atoms with van der Waals surface area (Å²) in [6.45, 7) is 28.1. The predicted molar refractivity (Wildman–Crippen MR) is 429 cm³/mol. The van der Waals surface area contributed by atoms with E-state index >= 15 is 0 Å². The van der Waals surface area contributed by atoms with E-state index in [1.165, 1.54) is 88.6 Å². The van der Waals surface area contributed by atoms with Gasteiger partial charge in [0.15, 0.2) is 0 Å². The van der Waals surface area contributed by atoms with Gasteiger partial charge in [-0.1, -0.05) is 277 Å². The Kier molecular flexibility index (Phi) is 14.8. The second kappa shape index (κ2) is 23.6. The van der Waals surface area contributed by atoms with Gasteiger partial charge in [-0.2, -0.15) is 0 Å². The van der Waals surface area contributed by atoms with E-state index in [9.17, 15) is 0 Å². The molecule has 4 nitrogen and oxygen atoms in total. The van der Waals surface area contributed by atoms with Gasteiger partial charge in [0.25, 0.3) is 0 Å². The van der Waals surface area contributed by atoms with Crippen molar-refractivity contribution in [3.63, 3.8) is 0 Å². The fourth-order valence-corrected chi connectivity index (χ4v) is 16.7. The molecule has 2 N–H and O–H groups in total. The van der Waals surface area contributed by atoms with Gasteiger partial charge in [-0.05, 0) is 196 Å². The predicted octanol–water partition coefficient (Wildman–Crippen LogP) is 26.1. The monoisotopic (exact) mass is 1310 g/mol. The highest BCUT2D eigenvalue weighted by Crippen LogP contribution is 2.65. The van der Waals surface area contributed by atoms with Crippen molar-refractivity contribution in [1.29, 1.82) is 0 Å². The lowest BCUT2D eigenvalue weighted by molar-refractivity contribution is 0.590. The van der Waals surface area contributed by atoms with E-state index in [0.717, 1.165) is 90.7 Å². The second-order valence-corrected chi connectivity index (χ2v) is 32.7. The molecule has 3 aliphatic rings. The normalized spacial score (nSPS) is 14.4. The minimum Gasteiger partial charge on any atom is -0.399 e. The Hall–Kier alpha value is -10.9. The van der Waals surface area contributed by atoms with E-state index < -0.39 is 0 Å². The molecule has 0 saturated carbocycles. The fraction of sp³-hybridized carbons (Fsp3) is 0.196. The van der Waals surface area contributed by atoms with Crippen molar-refractivity contribution in [2.24, 2.45) is 0 Å². The summed E-state index contributed by atoms with van der Waals surface area (Å²) in [6, 6.07) is 107. The molecule has 0 amide bonds. The van der Waals surface area contributed by atoms with Crippen LogP contribution in [0.2, 0.25) is 0 Å². The highest BCUT2D eigenvalue weighted by molar-refractivity contribution is 6.11. The van der Waals surface area contributed by atoms with Crippen LogP contribution in [0.15, 0.2) is 279 Å². The summed E-state index contributed by atoms with van der Waals surface area (Å²) in [7, 11) is 0. The molecule has 3 heterocycles. The molecule has 2 aliphatic heterocycles. The first-order valence-corrected chi connectivity index (χ1v) is 36.2. The zero-order chi connectivity index (χ0) is 69.6. The number of fused-ring (bicyclic) bond motifs is 9. The van der Waals surface area contributed by atoms with Gasteiger partial charge in [-0.3, -0.25) is 0 Å². The summed E-state index contributed by atoms with van der Waals surface area (Å²) in [6.07, 6.45) is 0.865. The van der Waals surface area contributed by atoms with Gasteiger partial charge < -0.3 is 20.1 Å². The molecule has 13 aromatic carbocycles. The molecule has 0 spiro atoms. The van der Waals surface area contributed by atoms with Crippen molar-refractivity contribution in [3.05, 3.63) is 346 Å². The van der Waals surface area contributed by atoms with Crippen LogP contribution >= 0.6 is 0 Å². The van der Waals surface area contributed by atoms with Crippen LogP contribution in [0.25, 0.3) is 72.0 Å². The van der Waals surface area contributed by atoms with Gasteiger partial charge in [-0.25, -0.2) is 0 Å². The molecule has 1 aliphatic carbocycles. The average molecular weight is 1310 g/mol. The van der Waals surface area contributed by atoms with Crippen molar-refractivity contribution in [3.8, 4) is 50.2 Å². The van der Waals surface area contributed by atoms with Crippen LogP contribution in [0.4, 0.5) is 39.8 Å². The van der Waals surface area contributed by atoms with Crippen LogP contribution < -0.4 is 15.5 Å². The molecule has 496 valence electrons. The fourth-order valence-electron chi connectivity index (χ4n) is 16.7. The molecule has 4 heteroatoms. The molecule has 1 unspecified atom stereocenters. The summed E-state index contributed by atoms with van der Waals surface area (Å²) in [4.78, 5) is 5.41. The van der Waals surface area contributed by atoms with E-state index in [4.69, 9.17) is 5.73 Å². The summed E-state index contributed by atoms with van der Waals surface area (Å²) in [5, 5.41) is 2.52. The maximum absolute atomic E-state index is 7.38. The third kappa shape index (κ3) is 10.7. The summed E-state index contributed by atoms with van der Waals surface area (Å²) < 4.78 is 2.56. The topological polar surface area (TPSA) is 37.4 Å². The van der Waals surface area contributed by atoms with Gasteiger partial charge in [0.1, 0.15) is 0 Å². The lowest BCUT2D eigenvalue weighted by Crippen LogP contribution is -2.31.